The summed E-state index contributed by atoms with van der Waals surface area (Å²) in [4.78, 5) is 4.60. The Morgan fingerprint density at radius 1 is 1.20 bits per heavy atom. The Hall–Kier alpha value is -1.09. The maximum absolute atomic E-state index is 5.88. The lowest BCUT2D eigenvalue weighted by Crippen LogP contribution is -2.19. The van der Waals surface area contributed by atoms with E-state index in [9.17, 15) is 0 Å². The molecular formula is C17H30N2O. The second-order valence-corrected chi connectivity index (χ2v) is 5.92. The Kier molecular flexibility index (Phi) is 7.60. The minimum atomic E-state index is 0.218. The zero-order valence-corrected chi connectivity index (χ0v) is 13.7. The van der Waals surface area contributed by atoms with Crippen LogP contribution in [-0.2, 0) is 13.0 Å². The highest BCUT2D eigenvalue weighted by molar-refractivity contribution is 5.25. The molecule has 0 fully saturated rings. The molecule has 1 aromatic rings. The summed E-state index contributed by atoms with van der Waals surface area (Å²) in [5, 5.41) is 3.48. The van der Waals surface area contributed by atoms with Crippen molar-refractivity contribution in [2.75, 3.05) is 6.54 Å². The number of ether oxygens (including phenoxy) is 1. The first-order valence-electron chi connectivity index (χ1n) is 7.92. The predicted molar refractivity (Wildman–Crippen MR) is 85.2 cm³/mol. The molecule has 1 rings (SSSR count). The molecule has 114 valence electrons. The molecule has 0 aromatic carbocycles. The lowest BCUT2D eigenvalue weighted by Gasteiger charge is -2.15. The maximum atomic E-state index is 5.88. The summed E-state index contributed by atoms with van der Waals surface area (Å²) in [5.74, 6) is 1.44. The fourth-order valence-corrected chi connectivity index (χ4v) is 1.96. The SMILES string of the molecule is CCCc1cc(CNCC(C)C)cc(OC(C)CC)n1. The van der Waals surface area contributed by atoms with Crippen LogP contribution in [0.15, 0.2) is 12.1 Å². The van der Waals surface area contributed by atoms with Gasteiger partial charge in [-0.3, -0.25) is 0 Å². The number of aryl methyl sites for hydroxylation is 1. The number of nitrogens with one attached hydrogen (secondary N) is 1. The van der Waals surface area contributed by atoms with E-state index in [2.05, 4.69) is 57.1 Å². The molecule has 1 unspecified atom stereocenters. The van der Waals surface area contributed by atoms with E-state index in [1.807, 2.05) is 0 Å². The molecule has 0 aliphatic heterocycles. The molecule has 0 saturated carbocycles. The number of hydrogen-bond acceptors (Lipinski definition) is 3. The van der Waals surface area contributed by atoms with E-state index < -0.39 is 0 Å². The van der Waals surface area contributed by atoms with E-state index >= 15 is 0 Å². The van der Waals surface area contributed by atoms with Gasteiger partial charge in [-0.05, 0) is 43.9 Å². The zero-order valence-electron chi connectivity index (χ0n) is 13.7. The lowest BCUT2D eigenvalue weighted by atomic mass is 10.1. The summed E-state index contributed by atoms with van der Waals surface area (Å²) in [6.45, 7) is 12.8. The average Bonchev–Trinajstić information content (AvgIpc) is 2.38. The minimum absolute atomic E-state index is 0.218. The minimum Gasteiger partial charge on any atom is -0.475 e. The van der Waals surface area contributed by atoms with Gasteiger partial charge < -0.3 is 10.1 Å². The number of rotatable bonds is 9. The Morgan fingerprint density at radius 2 is 1.95 bits per heavy atom. The van der Waals surface area contributed by atoms with Gasteiger partial charge in [-0.25, -0.2) is 4.98 Å². The third-order valence-electron chi connectivity index (χ3n) is 3.20. The zero-order chi connectivity index (χ0) is 15.0. The molecule has 0 aliphatic carbocycles. The van der Waals surface area contributed by atoms with Gasteiger partial charge in [0.25, 0.3) is 0 Å². The Morgan fingerprint density at radius 3 is 2.55 bits per heavy atom. The molecule has 3 nitrogen and oxygen atoms in total. The maximum Gasteiger partial charge on any atom is 0.214 e. The molecule has 0 aliphatic rings. The van der Waals surface area contributed by atoms with Crippen molar-refractivity contribution in [1.29, 1.82) is 0 Å². The molecular weight excluding hydrogens is 248 g/mol. The van der Waals surface area contributed by atoms with E-state index in [1.165, 1.54) is 5.56 Å². The van der Waals surface area contributed by atoms with Crippen molar-refractivity contribution in [3.8, 4) is 5.88 Å². The van der Waals surface area contributed by atoms with E-state index in [4.69, 9.17) is 4.74 Å². The molecule has 3 heteroatoms. The van der Waals surface area contributed by atoms with E-state index in [0.29, 0.717) is 5.92 Å². The van der Waals surface area contributed by atoms with Gasteiger partial charge in [0.05, 0.1) is 6.10 Å². The van der Waals surface area contributed by atoms with Crippen molar-refractivity contribution in [1.82, 2.24) is 10.3 Å². The highest BCUT2D eigenvalue weighted by Crippen LogP contribution is 2.16. The third-order valence-corrected chi connectivity index (χ3v) is 3.20. The molecule has 0 bridgehead atoms. The van der Waals surface area contributed by atoms with Crippen LogP contribution in [0.25, 0.3) is 0 Å². The van der Waals surface area contributed by atoms with Crippen LogP contribution in [0.1, 0.15) is 58.7 Å². The van der Waals surface area contributed by atoms with Gasteiger partial charge in [0.1, 0.15) is 0 Å². The standard InChI is InChI=1S/C17H30N2O/c1-6-8-16-9-15(12-18-11-13(3)4)10-17(19-16)20-14(5)7-2/h9-10,13-14,18H,6-8,11-12H2,1-5H3. The molecule has 20 heavy (non-hydrogen) atoms. The normalized spacial score (nSPS) is 12.7. The molecule has 1 aromatic heterocycles. The monoisotopic (exact) mass is 278 g/mol. The van der Waals surface area contributed by atoms with Crippen LogP contribution >= 0.6 is 0 Å². The average molecular weight is 278 g/mol. The van der Waals surface area contributed by atoms with Gasteiger partial charge in [0.2, 0.25) is 5.88 Å². The van der Waals surface area contributed by atoms with Crippen LogP contribution < -0.4 is 10.1 Å². The Bertz CT molecular complexity index is 391. The molecule has 1 heterocycles. The van der Waals surface area contributed by atoms with Crippen molar-refractivity contribution in [3.63, 3.8) is 0 Å². The van der Waals surface area contributed by atoms with Crippen molar-refractivity contribution < 1.29 is 4.74 Å². The van der Waals surface area contributed by atoms with Gasteiger partial charge in [0, 0.05) is 18.3 Å². The van der Waals surface area contributed by atoms with Gasteiger partial charge in [-0.15, -0.1) is 0 Å². The van der Waals surface area contributed by atoms with E-state index in [1.54, 1.807) is 0 Å². The van der Waals surface area contributed by atoms with Crippen molar-refractivity contribution in [2.24, 2.45) is 5.92 Å². The van der Waals surface area contributed by atoms with Crippen molar-refractivity contribution in [3.05, 3.63) is 23.4 Å². The van der Waals surface area contributed by atoms with Crippen LogP contribution in [0, 0.1) is 5.92 Å². The van der Waals surface area contributed by atoms with Crippen LogP contribution in [0.3, 0.4) is 0 Å². The molecule has 0 radical (unpaired) electrons. The summed E-state index contributed by atoms with van der Waals surface area (Å²) >= 11 is 0. The quantitative estimate of drug-likeness (QED) is 0.742. The van der Waals surface area contributed by atoms with Gasteiger partial charge in [-0.1, -0.05) is 34.1 Å². The third kappa shape index (κ3) is 6.38. The number of nitrogens with zero attached hydrogens (tertiary/aromatic N) is 1. The summed E-state index contributed by atoms with van der Waals surface area (Å²) in [6.07, 6.45) is 3.34. The summed E-state index contributed by atoms with van der Waals surface area (Å²) in [6, 6.07) is 4.26. The first-order valence-corrected chi connectivity index (χ1v) is 7.92. The fraction of sp³-hybridized carbons (Fsp3) is 0.706. The van der Waals surface area contributed by atoms with Crippen molar-refractivity contribution in [2.45, 2.75) is 66.5 Å². The highest BCUT2D eigenvalue weighted by Gasteiger charge is 2.07. The number of aromatic nitrogens is 1. The smallest absolute Gasteiger partial charge is 0.214 e. The largest absolute Gasteiger partial charge is 0.475 e. The van der Waals surface area contributed by atoms with Crippen LogP contribution in [0.4, 0.5) is 0 Å². The van der Waals surface area contributed by atoms with Crippen LogP contribution in [0.5, 0.6) is 5.88 Å². The second-order valence-electron chi connectivity index (χ2n) is 5.92. The van der Waals surface area contributed by atoms with Gasteiger partial charge in [-0.2, -0.15) is 0 Å². The van der Waals surface area contributed by atoms with Crippen LogP contribution in [-0.4, -0.2) is 17.6 Å². The number of pyridine rings is 1. The molecule has 1 N–H and O–H groups in total. The molecule has 0 saturated heterocycles. The number of hydrogen-bond donors (Lipinski definition) is 1. The molecule has 1 atom stereocenters. The van der Waals surface area contributed by atoms with E-state index in [0.717, 1.165) is 43.9 Å². The summed E-state index contributed by atoms with van der Waals surface area (Å²) < 4.78 is 5.88. The Labute approximate surface area is 124 Å². The Balaban J connectivity index is 2.75. The topological polar surface area (TPSA) is 34.1 Å². The first kappa shape index (κ1) is 17.0. The van der Waals surface area contributed by atoms with Crippen molar-refractivity contribution >= 4 is 0 Å². The highest BCUT2D eigenvalue weighted by atomic mass is 16.5. The molecule has 0 spiro atoms. The van der Waals surface area contributed by atoms with Gasteiger partial charge in [0.15, 0.2) is 0 Å². The lowest BCUT2D eigenvalue weighted by molar-refractivity contribution is 0.208. The second kappa shape index (κ2) is 8.96. The van der Waals surface area contributed by atoms with Gasteiger partial charge >= 0.3 is 0 Å². The predicted octanol–water partition coefficient (Wildman–Crippen LogP) is 3.96. The fourth-order valence-electron chi connectivity index (χ4n) is 1.96. The first-order chi connectivity index (χ1) is 9.55. The van der Waals surface area contributed by atoms with E-state index in [-0.39, 0.29) is 6.10 Å². The molecule has 0 amide bonds. The summed E-state index contributed by atoms with van der Waals surface area (Å²) in [7, 11) is 0. The summed E-state index contributed by atoms with van der Waals surface area (Å²) in [5.41, 5.74) is 2.40. The van der Waals surface area contributed by atoms with Crippen LogP contribution in [0.2, 0.25) is 0 Å².